The summed E-state index contributed by atoms with van der Waals surface area (Å²) in [6.45, 7) is 2.50. The van der Waals surface area contributed by atoms with Crippen molar-refractivity contribution in [2.24, 2.45) is 5.73 Å². The zero-order chi connectivity index (χ0) is 11.7. The number of nitrogens with one attached hydrogen (secondary N) is 1. The molecule has 0 aromatic carbocycles. The van der Waals surface area contributed by atoms with Crippen LogP contribution in [0.2, 0.25) is 0 Å². The maximum atomic E-state index is 9.99. The fourth-order valence-corrected chi connectivity index (χ4v) is 1.03. The van der Waals surface area contributed by atoms with Crippen molar-refractivity contribution in [2.75, 3.05) is 13.1 Å². The normalized spacial score (nSPS) is 16.3. The number of aliphatic carboxylic acids is 2. The molecule has 0 saturated carbocycles. The van der Waals surface area contributed by atoms with E-state index in [0.29, 0.717) is 0 Å². The fraction of sp³-hybridized carbons (Fsp3) is 0.778. The lowest BCUT2D eigenvalue weighted by molar-refractivity contribution is -0.139. The van der Waals surface area contributed by atoms with Gasteiger partial charge in [-0.2, -0.15) is 0 Å². The van der Waals surface area contributed by atoms with Gasteiger partial charge in [-0.1, -0.05) is 0 Å². The topological polar surface area (TPSA) is 113 Å². The van der Waals surface area contributed by atoms with E-state index in [1.165, 1.54) is 25.9 Å². The molecule has 0 spiro atoms. The van der Waals surface area contributed by atoms with Gasteiger partial charge < -0.3 is 21.3 Å². The van der Waals surface area contributed by atoms with Crippen LogP contribution in [0.3, 0.4) is 0 Å². The second-order valence-electron chi connectivity index (χ2n) is 3.33. The second kappa shape index (κ2) is 8.19. The Morgan fingerprint density at radius 3 is 2.07 bits per heavy atom. The minimum atomic E-state index is -1.17. The molecule has 0 aliphatic carbocycles. The molecule has 88 valence electrons. The first kappa shape index (κ1) is 13.9. The Kier molecular flexibility index (Phi) is 7.57. The lowest BCUT2D eigenvalue weighted by Crippen LogP contribution is -2.30. The summed E-state index contributed by atoms with van der Waals surface area (Å²) < 4.78 is 0. The molecule has 1 aliphatic heterocycles. The predicted molar refractivity (Wildman–Crippen MR) is 54.6 cm³/mol. The van der Waals surface area contributed by atoms with Crippen molar-refractivity contribution in [1.82, 2.24) is 5.32 Å². The molecule has 1 rings (SSSR count). The lowest BCUT2D eigenvalue weighted by Gasteiger charge is -2.01. The van der Waals surface area contributed by atoms with Gasteiger partial charge in [0, 0.05) is 6.42 Å². The molecule has 1 saturated heterocycles. The molecule has 6 nitrogen and oxygen atoms in total. The van der Waals surface area contributed by atoms with E-state index < -0.39 is 18.0 Å². The van der Waals surface area contributed by atoms with Crippen molar-refractivity contribution in [2.45, 2.75) is 31.7 Å². The van der Waals surface area contributed by atoms with Crippen LogP contribution in [0.5, 0.6) is 0 Å². The number of hydrogen-bond donors (Lipinski definition) is 4. The lowest BCUT2D eigenvalue weighted by atomic mass is 10.2. The number of carbonyl (C=O) groups is 2. The van der Waals surface area contributed by atoms with Crippen molar-refractivity contribution >= 4 is 11.9 Å². The Morgan fingerprint density at radius 1 is 1.27 bits per heavy atom. The molecule has 0 aromatic heterocycles. The Labute approximate surface area is 88.5 Å². The first-order valence-electron chi connectivity index (χ1n) is 4.95. The van der Waals surface area contributed by atoms with Crippen LogP contribution in [0.15, 0.2) is 0 Å². The van der Waals surface area contributed by atoms with E-state index in [2.05, 4.69) is 5.32 Å². The minimum Gasteiger partial charge on any atom is -0.481 e. The summed E-state index contributed by atoms with van der Waals surface area (Å²) >= 11 is 0. The standard InChI is InChI=1S/C5H9NO4.C4H9N/c6-3(5(9)10)1-2-4(7)8;1-2-4-5-3-1/h3H,1-2,6H2,(H,7,8)(H,9,10);5H,1-4H2/t3-;/m0./s1. The number of rotatable bonds is 4. The molecule has 5 N–H and O–H groups in total. The molecule has 0 amide bonds. The number of hydrogen-bond acceptors (Lipinski definition) is 4. The maximum Gasteiger partial charge on any atom is 0.320 e. The van der Waals surface area contributed by atoms with Crippen LogP contribution >= 0.6 is 0 Å². The molecule has 6 heteroatoms. The smallest absolute Gasteiger partial charge is 0.320 e. The Hall–Kier alpha value is -1.14. The van der Waals surface area contributed by atoms with E-state index in [-0.39, 0.29) is 12.8 Å². The van der Waals surface area contributed by atoms with E-state index in [1.807, 2.05) is 0 Å². The largest absolute Gasteiger partial charge is 0.481 e. The quantitative estimate of drug-likeness (QED) is 0.512. The van der Waals surface area contributed by atoms with Crippen LogP contribution < -0.4 is 11.1 Å². The Bertz CT molecular complexity index is 197. The first-order valence-corrected chi connectivity index (χ1v) is 4.95. The molecule has 15 heavy (non-hydrogen) atoms. The van der Waals surface area contributed by atoms with E-state index in [0.717, 1.165) is 0 Å². The highest BCUT2D eigenvalue weighted by Gasteiger charge is 2.12. The molecular weight excluding hydrogens is 200 g/mol. The van der Waals surface area contributed by atoms with E-state index in [4.69, 9.17) is 15.9 Å². The fourth-order valence-electron chi connectivity index (χ4n) is 1.03. The van der Waals surface area contributed by atoms with Crippen LogP contribution in [-0.2, 0) is 9.59 Å². The summed E-state index contributed by atoms with van der Waals surface area (Å²) in [6, 6.07) is -1.06. The summed E-state index contributed by atoms with van der Waals surface area (Å²) in [4.78, 5) is 19.9. The minimum absolute atomic E-state index is 0.0231. The average Bonchev–Trinajstić information content (AvgIpc) is 2.71. The molecule has 0 radical (unpaired) electrons. The van der Waals surface area contributed by atoms with Crippen LogP contribution in [0.1, 0.15) is 25.7 Å². The highest BCUT2D eigenvalue weighted by molar-refractivity contribution is 5.74. The van der Waals surface area contributed by atoms with Gasteiger partial charge in [0.2, 0.25) is 0 Å². The van der Waals surface area contributed by atoms with Gasteiger partial charge in [0.1, 0.15) is 6.04 Å². The molecule has 0 bridgehead atoms. The molecule has 1 aliphatic rings. The van der Waals surface area contributed by atoms with Crippen molar-refractivity contribution in [1.29, 1.82) is 0 Å². The summed E-state index contributed by atoms with van der Waals surface area (Å²) in [7, 11) is 0. The van der Waals surface area contributed by atoms with Crippen molar-refractivity contribution in [3.63, 3.8) is 0 Å². The molecule has 0 unspecified atom stereocenters. The van der Waals surface area contributed by atoms with E-state index in [9.17, 15) is 9.59 Å². The van der Waals surface area contributed by atoms with Gasteiger partial charge >= 0.3 is 11.9 Å². The maximum absolute atomic E-state index is 9.99. The summed E-state index contributed by atoms with van der Waals surface area (Å²) in [6.07, 6.45) is 2.55. The number of carboxylic acids is 2. The zero-order valence-corrected chi connectivity index (χ0v) is 8.61. The average molecular weight is 218 g/mol. The van der Waals surface area contributed by atoms with Gasteiger partial charge in [0.25, 0.3) is 0 Å². The molecule has 1 atom stereocenters. The highest BCUT2D eigenvalue weighted by atomic mass is 16.4. The SMILES string of the molecule is C1CCNC1.N[C@@H](CCC(=O)O)C(=O)O. The predicted octanol–water partition coefficient (Wildman–Crippen LogP) is -0.367. The highest BCUT2D eigenvalue weighted by Crippen LogP contribution is 1.93. The van der Waals surface area contributed by atoms with Crippen molar-refractivity contribution < 1.29 is 19.8 Å². The van der Waals surface area contributed by atoms with Crippen LogP contribution in [0.25, 0.3) is 0 Å². The van der Waals surface area contributed by atoms with Gasteiger partial charge in [-0.05, 0) is 32.4 Å². The summed E-state index contributed by atoms with van der Waals surface area (Å²) in [5.41, 5.74) is 5.00. The van der Waals surface area contributed by atoms with Gasteiger partial charge in [-0.25, -0.2) is 0 Å². The van der Waals surface area contributed by atoms with Crippen molar-refractivity contribution in [3.05, 3.63) is 0 Å². The van der Waals surface area contributed by atoms with Crippen LogP contribution in [0.4, 0.5) is 0 Å². The van der Waals surface area contributed by atoms with Gasteiger partial charge in [-0.3, -0.25) is 9.59 Å². The van der Waals surface area contributed by atoms with E-state index >= 15 is 0 Å². The Morgan fingerprint density at radius 2 is 1.80 bits per heavy atom. The molecule has 1 heterocycles. The monoisotopic (exact) mass is 218 g/mol. The van der Waals surface area contributed by atoms with Gasteiger partial charge in [0.15, 0.2) is 0 Å². The van der Waals surface area contributed by atoms with Gasteiger partial charge in [0.05, 0.1) is 0 Å². The van der Waals surface area contributed by atoms with Crippen LogP contribution in [0, 0.1) is 0 Å². The summed E-state index contributed by atoms with van der Waals surface area (Å²) in [5.74, 6) is -2.20. The third-order valence-corrected chi connectivity index (χ3v) is 1.94. The molecular formula is C9H18N2O4. The zero-order valence-electron chi connectivity index (χ0n) is 8.61. The number of carboxylic acid groups (broad SMARTS) is 2. The molecule has 1 fully saturated rings. The Balaban J connectivity index is 0.000000322. The second-order valence-corrected chi connectivity index (χ2v) is 3.33. The number of nitrogens with two attached hydrogens (primary N) is 1. The van der Waals surface area contributed by atoms with Crippen LogP contribution in [-0.4, -0.2) is 41.3 Å². The molecule has 0 aromatic rings. The van der Waals surface area contributed by atoms with E-state index in [1.54, 1.807) is 0 Å². The third kappa shape index (κ3) is 9.17. The first-order chi connectivity index (χ1) is 7.04. The summed E-state index contributed by atoms with van der Waals surface area (Å²) in [5, 5.41) is 19.5. The van der Waals surface area contributed by atoms with Gasteiger partial charge in [-0.15, -0.1) is 0 Å². The van der Waals surface area contributed by atoms with Crippen molar-refractivity contribution in [3.8, 4) is 0 Å². The third-order valence-electron chi connectivity index (χ3n) is 1.94.